The highest BCUT2D eigenvalue weighted by Gasteiger charge is 2.50. The van der Waals surface area contributed by atoms with Crippen LogP contribution in [0.1, 0.15) is 46.1 Å². The van der Waals surface area contributed by atoms with Gasteiger partial charge in [0.25, 0.3) is 0 Å². The summed E-state index contributed by atoms with van der Waals surface area (Å²) in [6.45, 7) is 8.46. The van der Waals surface area contributed by atoms with Gasteiger partial charge in [-0.25, -0.2) is 0 Å². The van der Waals surface area contributed by atoms with Gasteiger partial charge in [-0.3, -0.25) is 4.79 Å². The molecule has 0 aliphatic heterocycles. The highest BCUT2D eigenvalue weighted by molar-refractivity contribution is 5.84. The maximum Gasteiger partial charge on any atom is 0.316 e. The summed E-state index contributed by atoms with van der Waals surface area (Å²) in [6, 6.07) is 9.98. The quantitative estimate of drug-likeness (QED) is 0.738. The summed E-state index contributed by atoms with van der Waals surface area (Å²) >= 11 is 0. The monoisotopic (exact) mass is 248 g/mol. The van der Waals surface area contributed by atoms with E-state index in [1.165, 1.54) is 7.11 Å². The van der Waals surface area contributed by atoms with Crippen molar-refractivity contribution in [3.63, 3.8) is 0 Å². The molecule has 0 saturated heterocycles. The van der Waals surface area contributed by atoms with E-state index in [-0.39, 0.29) is 11.4 Å². The fourth-order valence-electron chi connectivity index (χ4n) is 2.81. The zero-order valence-electron chi connectivity index (χ0n) is 12.1. The van der Waals surface area contributed by atoms with Gasteiger partial charge in [-0.15, -0.1) is 0 Å². The molecular weight excluding hydrogens is 224 g/mol. The number of rotatable bonds is 5. The van der Waals surface area contributed by atoms with Gasteiger partial charge in [0.05, 0.1) is 12.5 Å². The standard InChI is InChI=1S/C16H24O2/c1-6-15(3,4)16(7-2,14(17)18-5)13-11-9-8-10-12-13/h8-12H,6-7H2,1-5H3. The maximum absolute atomic E-state index is 12.4. The van der Waals surface area contributed by atoms with Crippen molar-refractivity contribution in [1.29, 1.82) is 0 Å². The third-order valence-corrected chi connectivity index (χ3v) is 4.37. The Morgan fingerprint density at radius 1 is 1.11 bits per heavy atom. The Morgan fingerprint density at radius 3 is 2.06 bits per heavy atom. The molecular formula is C16H24O2. The van der Waals surface area contributed by atoms with Crippen molar-refractivity contribution in [3.05, 3.63) is 35.9 Å². The number of methoxy groups -OCH3 is 1. The topological polar surface area (TPSA) is 26.3 Å². The van der Waals surface area contributed by atoms with E-state index in [4.69, 9.17) is 4.74 Å². The molecule has 18 heavy (non-hydrogen) atoms. The molecule has 0 aromatic heterocycles. The maximum atomic E-state index is 12.4. The minimum atomic E-state index is -0.572. The van der Waals surface area contributed by atoms with E-state index in [9.17, 15) is 4.79 Å². The minimum Gasteiger partial charge on any atom is -0.468 e. The number of ether oxygens (including phenoxy) is 1. The molecule has 2 nitrogen and oxygen atoms in total. The predicted molar refractivity (Wildman–Crippen MR) is 74.5 cm³/mol. The molecule has 0 radical (unpaired) electrons. The second kappa shape index (κ2) is 5.55. The predicted octanol–water partition coefficient (Wildman–Crippen LogP) is 3.94. The first-order valence-electron chi connectivity index (χ1n) is 6.60. The molecule has 100 valence electrons. The van der Waals surface area contributed by atoms with Crippen LogP contribution in [0, 0.1) is 5.41 Å². The molecule has 1 aromatic rings. The largest absolute Gasteiger partial charge is 0.468 e. The van der Waals surface area contributed by atoms with Crippen molar-refractivity contribution < 1.29 is 9.53 Å². The molecule has 0 N–H and O–H groups in total. The first-order chi connectivity index (χ1) is 8.46. The van der Waals surface area contributed by atoms with Crippen molar-refractivity contribution in [2.75, 3.05) is 7.11 Å². The molecule has 1 rings (SSSR count). The lowest BCUT2D eigenvalue weighted by Gasteiger charge is -2.44. The van der Waals surface area contributed by atoms with E-state index in [1.54, 1.807) is 0 Å². The smallest absolute Gasteiger partial charge is 0.316 e. The van der Waals surface area contributed by atoms with Crippen molar-refractivity contribution in [2.45, 2.75) is 46.0 Å². The Hall–Kier alpha value is -1.31. The van der Waals surface area contributed by atoms with Crippen LogP contribution in [0.25, 0.3) is 0 Å². The van der Waals surface area contributed by atoms with Gasteiger partial charge in [0.2, 0.25) is 0 Å². The molecule has 0 amide bonds. The molecule has 1 unspecified atom stereocenters. The van der Waals surface area contributed by atoms with Crippen LogP contribution in [0.4, 0.5) is 0 Å². The summed E-state index contributed by atoms with van der Waals surface area (Å²) in [5, 5.41) is 0. The molecule has 0 heterocycles. The van der Waals surface area contributed by atoms with Gasteiger partial charge < -0.3 is 4.74 Å². The Bertz CT molecular complexity index is 395. The fraction of sp³-hybridized carbons (Fsp3) is 0.562. The first-order valence-corrected chi connectivity index (χ1v) is 6.60. The number of esters is 1. The lowest BCUT2D eigenvalue weighted by molar-refractivity contribution is -0.153. The normalized spacial score (nSPS) is 14.9. The second-order valence-electron chi connectivity index (χ2n) is 5.35. The SMILES string of the molecule is CCC(C)(C)C(CC)(C(=O)OC)c1ccccc1. The Morgan fingerprint density at radius 2 is 1.67 bits per heavy atom. The van der Waals surface area contributed by atoms with E-state index in [1.807, 2.05) is 30.3 Å². The van der Waals surface area contributed by atoms with Crippen LogP contribution in [0.2, 0.25) is 0 Å². The minimum absolute atomic E-state index is 0.136. The number of benzene rings is 1. The van der Waals surface area contributed by atoms with Crippen LogP contribution in [0.5, 0.6) is 0 Å². The van der Waals surface area contributed by atoms with Gasteiger partial charge in [0, 0.05) is 0 Å². The molecule has 0 spiro atoms. The van der Waals surface area contributed by atoms with E-state index in [0.29, 0.717) is 0 Å². The molecule has 2 heteroatoms. The molecule has 0 saturated carbocycles. The molecule has 0 aliphatic rings. The molecule has 0 bridgehead atoms. The average Bonchev–Trinajstić information content (AvgIpc) is 2.40. The van der Waals surface area contributed by atoms with Crippen LogP contribution in [0.15, 0.2) is 30.3 Å². The van der Waals surface area contributed by atoms with Crippen molar-refractivity contribution in [3.8, 4) is 0 Å². The molecule has 1 aromatic carbocycles. The Balaban J connectivity index is 3.47. The summed E-state index contributed by atoms with van der Waals surface area (Å²) in [5.74, 6) is -0.136. The number of carbonyl (C=O) groups is 1. The first kappa shape index (κ1) is 14.7. The zero-order chi connectivity index (χ0) is 13.8. The van der Waals surface area contributed by atoms with Gasteiger partial charge >= 0.3 is 5.97 Å². The van der Waals surface area contributed by atoms with Crippen molar-refractivity contribution in [2.24, 2.45) is 5.41 Å². The summed E-state index contributed by atoms with van der Waals surface area (Å²) in [7, 11) is 1.47. The lowest BCUT2D eigenvalue weighted by Crippen LogP contribution is -2.48. The summed E-state index contributed by atoms with van der Waals surface area (Å²) in [4.78, 5) is 12.4. The number of hydrogen-bond acceptors (Lipinski definition) is 2. The van der Waals surface area contributed by atoms with E-state index in [2.05, 4.69) is 27.7 Å². The Kier molecular flexibility index (Phi) is 4.55. The van der Waals surface area contributed by atoms with Crippen LogP contribution < -0.4 is 0 Å². The summed E-state index contributed by atoms with van der Waals surface area (Å²) in [6.07, 6.45) is 1.66. The van der Waals surface area contributed by atoms with Gasteiger partial charge in [-0.2, -0.15) is 0 Å². The molecule has 0 fully saturated rings. The third-order valence-electron chi connectivity index (χ3n) is 4.37. The highest BCUT2D eigenvalue weighted by atomic mass is 16.5. The molecule has 0 aliphatic carbocycles. The van der Waals surface area contributed by atoms with Crippen LogP contribution >= 0.6 is 0 Å². The Labute approximate surface area is 110 Å². The third kappa shape index (κ3) is 2.16. The highest BCUT2D eigenvalue weighted by Crippen LogP contribution is 2.47. The van der Waals surface area contributed by atoms with Crippen molar-refractivity contribution in [1.82, 2.24) is 0 Å². The van der Waals surface area contributed by atoms with E-state index in [0.717, 1.165) is 18.4 Å². The van der Waals surface area contributed by atoms with Gasteiger partial charge in [-0.05, 0) is 23.8 Å². The van der Waals surface area contributed by atoms with E-state index >= 15 is 0 Å². The number of hydrogen-bond donors (Lipinski definition) is 0. The van der Waals surface area contributed by atoms with Gasteiger partial charge in [-0.1, -0.05) is 58.0 Å². The second-order valence-corrected chi connectivity index (χ2v) is 5.35. The summed E-state index contributed by atoms with van der Waals surface area (Å²) in [5.41, 5.74) is 0.333. The summed E-state index contributed by atoms with van der Waals surface area (Å²) < 4.78 is 5.11. The van der Waals surface area contributed by atoms with Gasteiger partial charge in [0.1, 0.15) is 0 Å². The van der Waals surface area contributed by atoms with Gasteiger partial charge in [0.15, 0.2) is 0 Å². The fourth-order valence-corrected chi connectivity index (χ4v) is 2.81. The van der Waals surface area contributed by atoms with Crippen molar-refractivity contribution >= 4 is 5.97 Å². The average molecular weight is 248 g/mol. The van der Waals surface area contributed by atoms with Crippen LogP contribution in [-0.4, -0.2) is 13.1 Å². The molecule has 1 atom stereocenters. The van der Waals surface area contributed by atoms with E-state index < -0.39 is 5.41 Å². The number of carbonyl (C=O) groups excluding carboxylic acids is 1. The van der Waals surface area contributed by atoms with Crippen LogP contribution in [0.3, 0.4) is 0 Å². The zero-order valence-corrected chi connectivity index (χ0v) is 12.1. The van der Waals surface area contributed by atoms with Crippen LogP contribution in [-0.2, 0) is 14.9 Å². The lowest BCUT2D eigenvalue weighted by atomic mass is 9.59.